The van der Waals surface area contributed by atoms with Crippen LogP contribution in [0.4, 0.5) is 5.69 Å². The van der Waals surface area contributed by atoms with Crippen LogP contribution < -0.4 is 10.6 Å². The molecule has 2 amide bonds. The van der Waals surface area contributed by atoms with Crippen LogP contribution in [-0.4, -0.2) is 29.8 Å². The van der Waals surface area contributed by atoms with Crippen LogP contribution in [0.15, 0.2) is 77.4 Å². The molecule has 0 bridgehead atoms. The van der Waals surface area contributed by atoms with Gasteiger partial charge in [0.2, 0.25) is 5.91 Å². The normalized spacial score (nSPS) is 11.5. The number of amides is 2. The molecule has 0 aliphatic carbocycles. The van der Waals surface area contributed by atoms with E-state index < -0.39 is 0 Å². The van der Waals surface area contributed by atoms with E-state index in [0.29, 0.717) is 36.5 Å². The number of nitriles is 1. The van der Waals surface area contributed by atoms with E-state index in [0.717, 1.165) is 5.56 Å². The summed E-state index contributed by atoms with van der Waals surface area (Å²) >= 11 is 0. The average molecular weight is 431 g/mol. The van der Waals surface area contributed by atoms with Crippen molar-refractivity contribution in [2.45, 2.75) is 25.9 Å². The summed E-state index contributed by atoms with van der Waals surface area (Å²) < 4.78 is 5.36. The fourth-order valence-electron chi connectivity index (χ4n) is 3.33. The predicted molar refractivity (Wildman–Crippen MR) is 122 cm³/mol. The summed E-state index contributed by atoms with van der Waals surface area (Å²) in [7, 11) is 0. The van der Waals surface area contributed by atoms with Gasteiger partial charge in [-0.2, -0.15) is 5.26 Å². The lowest BCUT2D eigenvalue weighted by Gasteiger charge is -2.20. The number of hydrogen-bond acceptors (Lipinski definition) is 5. The standard InChI is InChI=1S/C25H26N4O3/c1-19(20-9-3-2-4-10-20)27-25(31)22-12-5-6-13-23(22)28-24(30)18-29(15-8-14-26)17-21-11-7-16-32-21/h2-7,9-13,16,19H,8,15,17-18H2,1H3,(H,27,31)(H,28,30). The largest absolute Gasteiger partial charge is 0.468 e. The van der Waals surface area contributed by atoms with Crippen LogP contribution in [0.2, 0.25) is 0 Å². The number of carbonyl (C=O) groups excluding carboxylic acids is 2. The van der Waals surface area contributed by atoms with E-state index in [1.54, 1.807) is 36.6 Å². The van der Waals surface area contributed by atoms with Crippen molar-refractivity contribution in [3.05, 3.63) is 89.9 Å². The first kappa shape index (κ1) is 22.8. The second-order valence-electron chi connectivity index (χ2n) is 7.40. The Morgan fingerprint density at radius 1 is 1.06 bits per heavy atom. The number of anilines is 1. The Hall–Kier alpha value is -3.89. The molecule has 2 aromatic carbocycles. The summed E-state index contributed by atoms with van der Waals surface area (Å²) in [6, 6.07) is 22.1. The van der Waals surface area contributed by atoms with Gasteiger partial charge in [-0.05, 0) is 36.8 Å². The van der Waals surface area contributed by atoms with Crippen molar-refractivity contribution >= 4 is 17.5 Å². The Kier molecular flexibility index (Phi) is 8.18. The number of furan rings is 1. The van der Waals surface area contributed by atoms with Crippen molar-refractivity contribution < 1.29 is 14.0 Å². The van der Waals surface area contributed by atoms with Gasteiger partial charge in [0.25, 0.3) is 5.91 Å². The van der Waals surface area contributed by atoms with Crippen LogP contribution in [0.5, 0.6) is 0 Å². The number of rotatable bonds is 10. The zero-order valence-electron chi connectivity index (χ0n) is 18.0. The molecule has 164 valence electrons. The minimum Gasteiger partial charge on any atom is -0.468 e. The van der Waals surface area contributed by atoms with E-state index in [9.17, 15) is 9.59 Å². The number of para-hydroxylation sites is 1. The highest BCUT2D eigenvalue weighted by Crippen LogP contribution is 2.18. The summed E-state index contributed by atoms with van der Waals surface area (Å²) in [5.74, 6) is 0.172. The van der Waals surface area contributed by atoms with Crippen molar-refractivity contribution in [2.24, 2.45) is 0 Å². The van der Waals surface area contributed by atoms with Gasteiger partial charge in [0.1, 0.15) is 5.76 Å². The van der Waals surface area contributed by atoms with Crippen molar-refractivity contribution in [2.75, 3.05) is 18.4 Å². The van der Waals surface area contributed by atoms with Crippen molar-refractivity contribution in [1.29, 1.82) is 5.26 Å². The fourth-order valence-corrected chi connectivity index (χ4v) is 3.33. The van der Waals surface area contributed by atoms with E-state index >= 15 is 0 Å². The van der Waals surface area contributed by atoms with E-state index in [1.807, 2.05) is 48.2 Å². The fraction of sp³-hybridized carbons (Fsp3) is 0.240. The second kappa shape index (κ2) is 11.5. The summed E-state index contributed by atoms with van der Waals surface area (Å²) in [6.45, 7) is 2.83. The molecule has 1 unspecified atom stereocenters. The number of nitrogens with zero attached hydrogens (tertiary/aromatic N) is 2. The SMILES string of the molecule is CC(NC(=O)c1ccccc1NC(=O)CN(CCC#N)Cc1ccco1)c1ccccc1. The smallest absolute Gasteiger partial charge is 0.253 e. The van der Waals surface area contributed by atoms with Gasteiger partial charge in [-0.15, -0.1) is 0 Å². The third-order valence-corrected chi connectivity index (χ3v) is 4.96. The summed E-state index contributed by atoms with van der Waals surface area (Å²) in [5, 5.41) is 14.7. The quantitative estimate of drug-likeness (QED) is 0.504. The zero-order valence-corrected chi connectivity index (χ0v) is 18.0. The highest BCUT2D eigenvalue weighted by Gasteiger charge is 2.18. The molecule has 32 heavy (non-hydrogen) atoms. The molecule has 3 aromatic rings. The maximum Gasteiger partial charge on any atom is 0.253 e. The minimum atomic E-state index is -0.272. The molecule has 1 aromatic heterocycles. The zero-order chi connectivity index (χ0) is 22.8. The van der Waals surface area contributed by atoms with Gasteiger partial charge in [0.05, 0.1) is 42.7 Å². The van der Waals surface area contributed by atoms with Crippen molar-refractivity contribution in [1.82, 2.24) is 10.2 Å². The molecule has 1 atom stereocenters. The monoisotopic (exact) mass is 430 g/mol. The van der Waals surface area contributed by atoms with Gasteiger partial charge in [-0.3, -0.25) is 14.5 Å². The lowest BCUT2D eigenvalue weighted by molar-refractivity contribution is -0.117. The molecular weight excluding hydrogens is 404 g/mol. The summed E-state index contributed by atoms with van der Waals surface area (Å²) in [5.41, 5.74) is 1.82. The molecule has 3 rings (SSSR count). The Bertz CT molecular complexity index is 1060. The van der Waals surface area contributed by atoms with Gasteiger partial charge in [0.15, 0.2) is 0 Å². The molecule has 0 saturated heterocycles. The molecule has 0 aliphatic rings. The Morgan fingerprint density at radius 3 is 2.53 bits per heavy atom. The average Bonchev–Trinajstić information content (AvgIpc) is 3.31. The van der Waals surface area contributed by atoms with E-state index in [2.05, 4.69) is 16.7 Å². The number of benzene rings is 2. The van der Waals surface area contributed by atoms with E-state index in [-0.39, 0.29) is 24.4 Å². The third-order valence-electron chi connectivity index (χ3n) is 4.96. The highest BCUT2D eigenvalue weighted by atomic mass is 16.3. The maximum absolute atomic E-state index is 12.9. The van der Waals surface area contributed by atoms with Gasteiger partial charge in [-0.25, -0.2) is 0 Å². The van der Waals surface area contributed by atoms with Crippen LogP contribution in [0.25, 0.3) is 0 Å². The molecule has 0 spiro atoms. The topological polar surface area (TPSA) is 98.4 Å². The van der Waals surface area contributed by atoms with Crippen molar-refractivity contribution in [3.63, 3.8) is 0 Å². The van der Waals surface area contributed by atoms with Crippen molar-refractivity contribution in [3.8, 4) is 6.07 Å². The van der Waals surface area contributed by atoms with Gasteiger partial charge >= 0.3 is 0 Å². The van der Waals surface area contributed by atoms with Crippen LogP contribution in [0.1, 0.15) is 41.1 Å². The van der Waals surface area contributed by atoms with Crippen LogP contribution in [0.3, 0.4) is 0 Å². The number of nitrogens with one attached hydrogen (secondary N) is 2. The highest BCUT2D eigenvalue weighted by molar-refractivity contribution is 6.04. The first-order chi connectivity index (χ1) is 15.6. The Balaban J connectivity index is 1.65. The van der Waals surface area contributed by atoms with Gasteiger partial charge in [-0.1, -0.05) is 42.5 Å². The number of carbonyl (C=O) groups is 2. The Morgan fingerprint density at radius 2 is 1.81 bits per heavy atom. The minimum absolute atomic E-state index is 0.0682. The summed E-state index contributed by atoms with van der Waals surface area (Å²) in [6.07, 6.45) is 1.87. The molecule has 0 fully saturated rings. The molecule has 0 saturated carbocycles. The van der Waals surface area contributed by atoms with E-state index in [4.69, 9.17) is 9.68 Å². The first-order valence-corrected chi connectivity index (χ1v) is 10.4. The van der Waals surface area contributed by atoms with Crippen LogP contribution in [0, 0.1) is 11.3 Å². The maximum atomic E-state index is 12.9. The number of hydrogen-bond donors (Lipinski definition) is 2. The molecule has 0 aliphatic heterocycles. The third kappa shape index (κ3) is 6.56. The second-order valence-corrected chi connectivity index (χ2v) is 7.40. The Labute approximate surface area is 187 Å². The lowest BCUT2D eigenvalue weighted by atomic mass is 10.1. The lowest BCUT2D eigenvalue weighted by Crippen LogP contribution is -2.34. The molecule has 2 N–H and O–H groups in total. The summed E-state index contributed by atoms with van der Waals surface area (Å²) in [4.78, 5) is 27.5. The van der Waals surface area contributed by atoms with Gasteiger partial charge < -0.3 is 15.1 Å². The molecule has 7 heteroatoms. The molecular formula is C25H26N4O3. The van der Waals surface area contributed by atoms with Gasteiger partial charge in [0, 0.05) is 13.0 Å². The van der Waals surface area contributed by atoms with Crippen LogP contribution in [-0.2, 0) is 11.3 Å². The molecule has 0 radical (unpaired) electrons. The van der Waals surface area contributed by atoms with Crippen LogP contribution >= 0.6 is 0 Å². The molecule has 1 heterocycles. The van der Waals surface area contributed by atoms with E-state index in [1.165, 1.54) is 0 Å². The predicted octanol–water partition coefficient (Wildman–Crippen LogP) is 4.12. The molecule has 7 nitrogen and oxygen atoms in total. The first-order valence-electron chi connectivity index (χ1n) is 10.4.